The molecule has 0 spiro atoms. The third-order valence-corrected chi connectivity index (χ3v) is 6.36. The van der Waals surface area contributed by atoms with Crippen LogP contribution in [0.5, 0.6) is 0 Å². The van der Waals surface area contributed by atoms with Crippen molar-refractivity contribution < 1.29 is 22.7 Å². The van der Waals surface area contributed by atoms with Crippen molar-refractivity contribution in [1.29, 1.82) is 0 Å². The summed E-state index contributed by atoms with van der Waals surface area (Å²) in [6.45, 7) is 0.932. The zero-order chi connectivity index (χ0) is 19.3. The number of benzene rings is 1. The van der Waals surface area contributed by atoms with E-state index < -0.39 is 16.0 Å². The summed E-state index contributed by atoms with van der Waals surface area (Å²) in [7, 11) is -0.929. The van der Waals surface area contributed by atoms with Crippen molar-refractivity contribution >= 4 is 33.5 Å². The lowest BCUT2D eigenvalue weighted by Crippen LogP contribution is -2.35. The van der Waals surface area contributed by atoms with E-state index in [2.05, 4.69) is 0 Å². The quantitative estimate of drug-likeness (QED) is 0.704. The minimum absolute atomic E-state index is 0.0647. The van der Waals surface area contributed by atoms with Crippen LogP contribution in [0.3, 0.4) is 0 Å². The van der Waals surface area contributed by atoms with Gasteiger partial charge in [0.1, 0.15) is 0 Å². The Labute approximate surface area is 158 Å². The van der Waals surface area contributed by atoms with Gasteiger partial charge in [-0.3, -0.25) is 4.79 Å². The van der Waals surface area contributed by atoms with Crippen LogP contribution in [0.2, 0.25) is 5.02 Å². The van der Waals surface area contributed by atoms with Crippen molar-refractivity contribution in [2.24, 2.45) is 0 Å². The Balaban J connectivity index is 2.08. The van der Waals surface area contributed by atoms with Crippen LogP contribution < -0.4 is 0 Å². The van der Waals surface area contributed by atoms with Gasteiger partial charge in [0.05, 0.1) is 15.5 Å². The Morgan fingerprint density at radius 1 is 1.15 bits per heavy atom. The fourth-order valence-electron chi connectivity index (χ4n) is 2.65. The van der Waals surface area contributed by atoms with Crippen molar-refractivity contribution in [3.05, 3.63) is 28.8 Å². The number of nitrogens with zero attached hydrogens (tertiary/aromatic N) is 2. The Kier molecular flexibility index (Phi) is 7.02. The molecular weight excluding hydrogens is 380 g/mol. The second kappa shape index (κ2) is 8.83. The zero-order valence-corrected chi connectivity index (χ0v) is 16.5. The first-order chi connectivity index (χ1) is 12.2. The summed E-state index contributed by atoms with van der Waals surface area (Å²) in [5, 5.41) is 0.0647. The number of hydrogen-bond donors (Lipinski definition) is 0. The van der Waals surface area contributed by atoms with Gasteiger partial charge < -0.3 is 9.64 Å². The molecule has 1 aliphatic rings. The molecule has 0 unspecified atom stereocenters. The average Bonchev–Trinajstić information content (AvgIpc) is 2.88. The van der Waals surface area contributed by atoms with Gasteiger partial charge in [0.25, 0.3) is 5.91 Å². The second-order valence-electron chi connectivity index (χ2n) is 6.30. The van der Waals surface area contributed by atoms with Crippen LogP contribution in [0, 0.1) is 0 Å². The maximum atomic E-state index is 12.3. The molecule has 26 heavy (non-hydrogen) atoms. The summed E-state index contributed by atoms with van der Waals surface area (Å²) in [6, 6.07) is 3.80. The minimum atomic E-state index is -3.71. The van der Waals surface area contributed by atoms with Crippen LogP contribution in [-0.2, 0) is 19.6 Å². The van der Waals surface area contributed by atoms with Gasteiger partial charge in [-0.1, -0.05) is 24.4 Å². The molecule has 0 radical (unpaired) electrons. The van der Waals surface area contributed by atoms with Crippen LogP contribution in [0.4, 0.5) is 0 Å². The normalized spacial score (nSPS) is 15.6. The van der Waals surface area contributed by atoms with Crippen LogP contribution in [-0.4, -0.2) is 63.3 Å². The van der Waals surface area contributed by atoms with E-state index in [1.54, 1.807) is 4.90 Å². The van der Waals surface area contributed by atoms with Crippen LogP contribution in [0.1, 0.15) is 36.0 Å². The summed E-state index contributed by atoms with van der Waals surface area (Å²) in [5.41, 5.74) is -0.0849. The molecule has 0 aliphatic carbocycles. The van der Waals surface area contributed by atoms with Gasteiger partial charge >= 0.3 is 5.97 Å². The number of halogens is 1. The Bertz CT molecular complexity index is 771. The summed E-state index contributed by atoms with van der Waals surface area (Å²) < 4.78 is 30.5. The van der Waals surface area contributed by atoms with Gasteiger partial charge in [-0.05, 0) is 31.0 Å². The Hall–Kier alpha value is -1.64. The maximum Gasteiger partial charge on any atom is 0.340 e. The number of ether oxygens (including phenoxy) is 1. The molecule has 7 nitrogen and oxygen atoms in total. The molecule has 0 aromatic heterocycles. The van der Waals surface area contributed by atoms with Gasteiger partial charge in [-0.15, -0.1) is 0 Å². The Morgan fingerprint density at radius 3 is 2.35 bits per heavy atom. The third-order valence-electron chi connectivity index (χ3n) is 4.22. The molecule has 1 fully saturated rings. The van der Waals surface area contributed by atoms with Gasteiger partial charge in [0, 0.05) is 27.2 Å². The zero-order valence-electron chi connectivity index (χ0n) is 14.9. The highest BCUT2D eigenvalue weighted by molar-refractivity contribution is 7.89. The summed E-state index contributed by atoms with van der Waals surface area (Å²) >= 11 is 6.00. The van der Waals surface area contributed by atoms with E-state index in [-0.39, 0.29) is 28.0 Å². The summed E-state index contributed by atoms with van der Waals surface area (Å²) in [6.07, 6.45) is 4.06. The second-order valence-corrected chi connectivity index (χ2v) is 8.86. The molecule has 1 heterocycles. The van der Waals surface area contributed by atoms with Crippen molar-refractivity contribution in [2.75, 3.05) is 33.8 Å². The van der Waals surface area contributed by atoms with E-state index in [1.807, 2.05) is 0 Å². The number of rotatable bonds is 5. The van der Waals surface area contributed by atoms with E-state index in [0.717, 1.165) is 36.1 Å². The number of sulfonamides is 1. The number of likely N-dealkylation sites (tertiary alicyclic amines) is 1. The van der Waals surface area contributed by atoms with Gasteiger partial charge in [-0.2, -0.15) is 0 Å². The average molecular weight is 403 g/mol. The fourth-order valence-corrected chi connectivity index (χ4v) is 3.77. The van der Waals surface area contributed by atoms with E-state index in [1.165, 1.54) is 26.2 Å². The smallest absolute Gasteiger partial charge is 0.340 e. The van der Waals surface area contributed by atoms with E-state index in [0.29, 0.717) is 13.1 Å². The molecule has 1 aromatic rings. The lowest BCUT2D eigenvalue weighted by atomic mass is 10.2. The molecule has 1 saturated heterocycles. The predicted molar refractivity (Wildman–Crippen MR) is 97.7 cm³/mol. The lowest BCUT2D eigenvalue weighted by Gasteiger charge is -2.20. The molecule has 9 heteroatoms. The van der Waals surface area contributed by atoms with E-state index >= 15 is 0 Å². The number of hydrogen-bond acceptors (Lipinski definition) is 5. The molecule has 1 aromatic carbocycles. The van der Waals surface area contributed by atoms with Gasteiger partial charge in [0.2, 0.25) is 10.0 Å². The first kappa shape index (κ1) is 20.7. The van der Waals surface area contributed by atoms with Gasteiger partial charge in [0.15, 0.2) is 6.61 Å². The molecule has 1 amide bonds. The third kappa shape index (κ3) is 4.96. The number of carbonyl (C=O) groups is 2. The van der Waals surface area contributed by atoms with Crippen molar-refractivity contribution in [3.8, 4) is 0 Å². The minimum Gasteiger partial charge on any atom is -0.452 e. The monoisotopic (exact) mass is 402 g/mol. The van der Waals surface area contributed by atoms with Crippen LogP contribution >= 0.6 is 11.6 Å². The first-order valence-electron chi connectivity index (χ1n) is 8.40. The highest BCUT2D eigenvalue weighted by Gasteiger charge is 2.23. The fraction of sp³-hybridized carbons (Fsp3) is 0.529. The largest absolute Gasteiger partial charge is 0.452 e. The Morgan fingerprint density at radius 2 is 1.77 bits per heavy atom. The topological polar surface area (TPSA) is 84.0 Å². The highest BCUT2D eigenvalue weighted by atomic mass is 35.5. The van der Waals surface area contributed by atoms with Crippen LogP contribution in [0.15, 0.2) is 23.1 Å². The molecule has 144 valence electrons. The predicted octanol–water partition coefficient (Wildman–Crippen LogP) is 2.15. The SMILES string of the molecule is CN(C)S(=O)(=O)c1ccc(Cl)c(C(=O)OCC(=O)N2CCCCCC2)c1. The molecule has 0 bridgehead atoms. The first-order valence-corrected chi connectivity index (χ1v) is 10.2. The molecule has 0 N–H and O–H groups in total. The molecule has 1 aliphatic heterocycles. The number of carbonyl (C=O) groups excluding carboxylic acids is 2. The van der Waals surface area contributed by atoms with Crippen molar-refractivity contribution in [1.82, 2.24) is 9.21 Å². The van der Waals surface area contributed by atoms with Crippen molar-refractivity contribution in [2.45, 2.75) is 30.6 Å². The number of amides is 1. The molecular formula is C17H23ClN2O5S. The van der Waals surface area contributed by atoms with Crippen LogP contribution in [0.25, 0.3) is 0 Å². The highest BCUT2D eigenvalue weighted by Crippen LogP contribution is 2.23. The summed E-state index contributed by atoms with van der Waals surface area (Å²) in [5.74, 6) is -1.08. The number of esters is 1. The van der Waals surface area contributed by atoms with Gasteiger partial charge in [-0.25, -0.2) is 17.5 Å². The van der Waals surface area contributed by atoms with Crippen molar-refractivity contribution in [3.63, 3.8) is 0 Å². The maximum absolute atomic E-state index is 12.3. The lowest BCUT2D eigenvalue weighted by molar-refractivity contribution is -0.134. The molecule has 2 rings (SSSR count). The van der Waals surface area contributed by atoms with E-state index in [4.69, 9.17) is 16.3 Å². The molecule has 0 atom stereocenters. The molecule has 0 saturated carbocycles. The van der Waals surface area contributed by atoms with E-state index in [9.17, 15) is 18.0 Å². The summed E-state index contributed by atoms with van der Waals surface area (Å²) in [4.78, 5) is 26.1. The standard InChI is InChI=1S/C17H23ClN2O5S/c1-19(2)26(23,24)13-7-8-15(18)14(11-13)17(22)25-12-16(21)20-9-5-3-4-6-10-20/h7-8,11H,3-6,9-10,12H2,1-2H3.